The van der Waals surface area contributed by atoms with Crippen molar-refractivity contribution >= 4 is 15.7 Å². The smallest absolute Gasteiger partial charge is 0.416 e. The summed E-state index contributed by atoms with van der Waals surface area (Å²) >= 11 is 0. The lowest BCUT2D eigenvalue weighted by molar-refractivity contribution is -0.137. The molecule has 0 aliphatic carbocycles. The van der Waals surface area contributed by atoms with Crippen molar-refractivity contribution in [2.75, 3.05) is 10.5 Å². The first-order valence-electron chi connectivity index (χ1n) is 11.1. The van der Waals surface area contributed by atoms with E-state index in [9.17, 15) is 39.2 Å². The molecule has 216 valence electrons. The van der Waals surface area contributed by atoms with Crippen LogP contribution in [0.3, 0.4) is 0 Å². The Hall–Kier alpha value is -4.54. The maximum Gasteiger partial charge on any atom is 0.416 e. The van der Waals surface area contributed by atoms with Gasteiger partial charge in [-0.3, -0.25) is 4.72 Å². The number of anilines is 1. The summed E-state index contributed by atoms with van der Waals surface area (Å²) in [7, 11) is -5.02. The van der Waals surface area contributed by atoms with Crippen molar-refractivity contribution in [3.8, 4) is 28.8 Å². The number of ether oxygens (including phenoxy) is 2. The molecule has 0 atom stereocenters. The van der Waals surface area contributed by atoms with Crippen molar-refractivity contribution in [1.29, 1.82) is 0 Å². The first kappa shape index (κ1) is 29.4. The Labute approximate surface area is 227 Å². The van der Waals surface area contributed by atoms with Gasteiger partial charge in [0.15, 0.2) is 11.5 Å². The molecule has 1 N–H and O–H groups in total. The van der Waals surface area contributed by atoms with Gasteiger partial charge in [0.1, 0.15) is 30.1 Å². The Morgan fingerprint density at radius 3 is 2.34 bits per heavy atom. The molecular weight excluding hydrogens is 587 g/mol. The molecule has 0 bridgehead atoms. The molecule has 0 aliphatic heterocycles. The van der Waals surface area contributed by atoms with Crippen LogP contribution in [0, 0.1) is 5.82 Å². The number of alkyl halides is 6. The number of nitrogens with one attached hydrogen (secondary N) is 1. The molecule has 41 heavy (non-hydrogen) atoms. The third-order valence-electron chi connectivity index (χ3n) is 4.96. The molecule has 0 radical (unpaired) electrons. The van der Waals surface area contributed by atoms with E-state index in [0.717, 1.165) is 42.9 Å². The third-order valence-corrected chi connectivity index (χ3v) is 6.19. The average Bonchev–Trinajstić information content (AvgIpc) is 2.88. The Bertz CT molecular complexity index is 1640. The molecule has 0 saturated heterocycles. The van der Waals surface area contributed by atoms with E-state index in [-0.39, 0.29) is 29.4 Å². The lowest BCUT2D eigenvalue weighted by Crippen LogP contribution is -2.28. The molecular formula is C24H16F7N5O4S. The number of aromatic nitrogens is 4. The Kier molecular flexibility index (Phi) is 8.27. The summed E-state index contributed by atoms with van der Waals surface area (Å²) in [6.45, 7) is -0.366. The molecule has 3 heterocycles. The minimum Gasteiger partial charge on any atom is -0.473 e. The maximum atomic E-state index is 14.7. The van der Waals surface area contributed by atoms with Crippen LogP contribution in [-0.4, -0.2) is 40.3 Å². The van der Waals surface area contributed by atoms with Crippen LogP contribution >= 0.6 is 0 Å². The number of benzene rings is 1. The molecule has 3 aromatic heterocycles. The van der Waals surface area contributed by atoms with Crippen LogP contribution in [0.4, 0.5) is 36.4 Å². The van der Waals surface area contributed by atoms with Gasteiger partial charge < -0.3 is 9.47 Å². The van der Waals surface area contributed by atoms with Crippen molar-refractivity contribution in [1.82, 2.24) is 19.9 Å². The van der Waals surface area contributed by atoms with Crippen LogP contribution in [0.2, 0.25) is 0 Å². The summed E-state index contributed by atoms with van der Waals surface area (Å²) in [4.78, 5) is 15.2. The SMILES string of the molecule is O=S(=O)(CC(F)(F)F)Nc1cc(-c2nc(OCc3cccc(C(F)(F)F)c3)ccc2F)cnc1Oc1cncnc1. The molecule has 0 spiro atoms. The molecule has 0 fully saturated rings. The highest BCUT2D eigenvalue weighted by molar-refractivity contribution is 7.92. The van der Waals surface area contributed by atoms with Crippen molar-refractivity contribution < 1.29 is 48.6 Å². The third kappa shape index (κ3) is 8.23. The summed E-state index contributed by atoms with van der Waals surface area (Å²) in [5.41, 5.74) is -2.00. The van der Waals surface area contributed by atoms with Crippen molar-refractivity contribution in [2.45, 2.75) is 19.0 Å². The van der Waals surface area contributed by atoms with E-state index in [0.29, 0.717) is 0 Å². The maximum absolute atomic E-state index is 14.7. The second-order valence-corrected chi connectivity index (χ2v) is 9.92. The Morgan fingerprint density at radius 1 is 0.927 bits per heavy atom. The van der Waals surface area contributed by atoms with Gasteiger partial charge in [0.2, 0.25) is 21.8 Å². The highest BCUT2D eigenvalue weighted by Crippen LogP contribution is 2.34. The van der Waals surface area contributed by atoms with Crippen LogP contribution in [0.1, 0.15) is 11.1 Å². The number of nitrogens with zero attached hydrogens (tertiary/aromatic N) is 4. The Morgan fingerprint density at radius 2 is 1.66 bits per heavy atom. The topological polar surface area (TPSA) is 116 Å². The fraction of sp³-hybridized carbons (Fsp3) is 0.167. The second-order valence-electron chi connectivity index (χ2n) is 8.20. The monoisotopic (exact) mass is 603 g/mol. The van der Waals surface area contributed by atoms with E-state index in [2.05, 4.69) is 19.9 Å². The van der Waals surface area contributed by atoms with Gasteiger partial charge in [-0.25, -0.2) is 32.7 Å². The summed E-state index contributed by atoms with van der Waals surface area (Å²) in [5.74, 6) is -3.96. The van der Waals surface area contributed by atoms with Crippen molar-refractivity contribution in [3.63, 3.8) is 0 Å². The zero-order chi connectivity index (χ0) is 29.8. The minimum atomic E-state index is -5.08. The Balaban J connectivity index is 1.65. The lowest BCUT2D eigenvalue weighted by Gasteiger charge is -2.15. The normalized spacial score (nSPS) is 12.2. The standard InChI is InChI=1S/C24H16F7N5O4S/c25-18-4-5-20(39-11-14-2-1-3-16(6-14)24(29,30)31)35-21(18)15-7-19(36-41(37,38)12-23(26,27)28)22(34-8-15)40-17-9-32-13-33-10-17/h1-10,13,36H,11-12H2. The molecule has 4 rings (SSSR count). The van der Waals surface area contributed by atoms with Gasteiger partial charge in [-0.1, -0.05) is 12.1 Å². The van der Waals surface area contributed by atoms with Crippen molar-refractivity contribution in [2.24, 2.45) is 0 Å². The summed E-state index contributed by atoms with van der Waals surface area (Å²) in [6, 6.07) is 7.25. The van der Waals surface area contributed by atoms with Gasteiger partial charge in [-0.15, -0.1) is 0 Å². The molecule has 0 amide bonds. The molecule has 1 aromatic carbocycles. The second kappa shape index (κ2) is 11.5. The minimum absolute atomic E-state index is 0.0432. The number of rotatable bonds is 9. The fourth-order valence-corrected chi connectivity index (χ4v) is 4.29. The summed E-state index contributed by atoms with van der Waals surface area (Å²) < 4.78 is 129. The van der Waals surface area contributed by atoms with E-state index in [1.165, 1.54) is 24.5 Å². The van der Waals surface area contributed by atoms with Crippen LogP contribution in [0.25, 0.3) is 11.3 Å². The van der Waals surface area contributed by atoms with Gasteiger partial charge in [0, 0.05) is 17.8 Å². The summed E-state index contributed by atoms with van der Waals surface area (Å²) in [5, 5.41) is 0. The van der Waals surface area contributed by atoms with E-state index >= 15 is 0 Å². The van der Waals surface area contributed by atoms with Gasteiger partial charge >= 0.3 is 12.4 Å². The van der Waals surface area contributed by atoms with E-state index < -0.39 is 56.8 Å². The quantitative estimate of drug-likeness (QED) is 0.240. The number of halogens is 7. The average molecular weight is 603 g/mol. The number of pyridine rings is 2. The zero-order valence-corrected chi connectivity index (χ0v) is 21.1. The first-order valence-corrected chi connectivity index (χ1v) is 12.8. The fourth-order valence-electron chi connectivity index (χ4n) is 3.31. The molecule has 9 nitrogen and oxygen atoms in total. The predicted molar refractivity (Wildman–Crippen MR) is 129 cm³/mol. The van der Waals surface area contributed by atoms with E-state index in [1.807, 2.05) is 0 Å². The summed E-state index contributed by atoms with van der Waals surface area (Å²) in [6.07, 6.45) is -5.15. The molecule has 0 unspecified atom stereocenters. The van der Waals surface area contributed by atoms with Crippen molar-refractivity contribution in [3.05, 3.63) is 84.3 Å². The molecule has 17 heteroatoms. The van der Waals surface area contributed by atoms with E-state index in [4.69, 9.17) is 9.47 Å². The number of hydrogen-bond donors (Lipinski definition) is 1. The largest absolute Gasteiger partial charge is 0.473 e. The predicted octanol–water partition coefficient (Wildman–Crippen LogP) is 5.77. The van der Waals surface area contributed by atoms with Gasteiger partial charge in [0.25, 0.3) is 0 Å². The lowest BCUT2D eigenvalue weighted by atomic mass is 10.1. The van der Waals surface area contributed by atoms with Crippen LogP contribution in [0.15, 0.2) is 67.4 Å². The number of hydrogen-bond acceptors (Lipinski definition) is 8. The van der Waals surface area contributed by atoms with Crippen LogP contribution in [0.5, 0.6) is 17.5 Å². The zero-order valence-electron chi connectivity index (χ0n) is 20.2. The molecule has 4 aromatic rings. The first-order chi connectivity index (χ1) is 19.2. The van der Waals surface area contributed by atoms with Gasteiger partial charge in [-0.05, 0) is 29.8 Å². The van der Waals surface area contributed by atoms with Gasteiger partial charge in [0.05, 0.1) is 18.0 Å². The highest BCUT2D eigenvalue weighted by Gasteiger charge is 2.36. The highest BCUT2D eigenvalue weighted by atomic mass is 32.2. The number of sulfonamides is 1. The van der Waals surface area contributed by atoms with Crippen LogP contribution < -0.4 is 14.2 Å². The van der Waals surface area contributed by atoms with E-state index in [1.54, 1.807) is 4.72 Å². The van der Waals surface area contributed by atoms with Gasteiger partial charge in [-0.2, -0.15) is 26.3 Å². The molecule has 0 saturated carbocycles. The van der Waals surface area contributed by atoms with Crippen LogP contribution in [-0.2, 0) is 22.8 Å². The molecule has 0 aliphatic rings.